The minimum absolute atomic E-state index is 0.262. The first kappa shape index (κ1) is 14.1. The topological polar surface area (TPSA) is 35.2 Å². The van der Waals surface area contributed by atoms with Gasteiger partial charge in [0.1, 0.15) is 5.82 Å². The number of nitrogens with two attached hydrogens (primary N) is 1. The number of rotatable bonds is 5. The number of hydrogen-bond acceptors (Lipinski definition) is 2. The van der Waals surface area contributed by atoms with Crippen molar-refractivity contribution in [3.8, 4) is 0 Å². The Hall–Kier alpha value is -0.930. The van der Waals surface area contributed by atoms with Crippen molar-refractivity contribution >= 4 is 0 Å². The summed E-state index contributed by atoms with van der Waals surface area (Å²) in [4.78, 5) is 0. The molecular weight excluding hydrogens is 217 g/mol. The second-order valence-electron chi connectivity index (χ2n) is 4.60. The zero-order chi connectivity index (χ0) is 13.1. The van der Waals surface area contributed by atoms with Gasteiger partial charge in [0.05, 0.1) is 11.6 Å². The van der Waals surface area contributed by atoms with E-state index in [1.807, 2.05) is 27.7 Å². The van der Waals surface area contributed by atoms with Gasteiger partial charge in [0, 0.05) is 12.2 Å². The number of aryl methyl sites for hydroxylation is 1. The molecule has 0 saturated carbocycles. The summed E-state index contributed by atoms with van der Waals surface area (Å²) in [5, 5.41) is 0. The normalized spacial score (nSPS) is 16.6. The quantitative estimate of drug-likeness (QED) is 0.855. The van der Waals surface area contributed by atoms with Gasteiger partial charge in [-0.3, -0.25) is 0 Å². The van der Waals surface area contributed by atoms with E-state index in [2.05, 4.69) is 0 Å². The molecule has 96 valence electrons. The molecule has 2 atom stereocenters. The van der Waals surface area contributed by atoms with E-state index < -0.39 is 11.6 Å². The standard InChI is InChI=1S/C14H22FNO/c1-5-14(4,17-6-2)13(16)11-9-10(3)7-8-12(11)15/h7-9,13H,5-6,16H2,1-4H3. The van der Waals surface area contributed by atoms with Crippen molar-refractivity contribution in [1.82, 2.24) is 0 Å². The van der Waals surface area contributed by atoms with Gasteiger partial charge < -0.3 is 10.5 Å². The second kappa shape index (κ2) is 5.61. The Morgan fingerprint density at radius 2 is 2.06 bits per heavy atom. The molecule has 0 aromatic heterocycles. The minimum Gasteiger partial charge on any atom is -0.374 e. The third-order valence-corrected chi connectivity index (χ3v) is 3.32. The molecule has 17 heavy (non-hydrogen) atoms. The van der Waals surface area contributed by atoms with Crippen LogP contribution in [0.4, 0.5) is 4.39 Å². The molecule has 1 aromatic carbocycles. The molecule has 0 amide bonds. The first-order valence-electron chi connectivity index (χ1n) is 6.10. The summed E-state index contributed by atoms with van der Waals surface area (Å²) in [6.45, 7) is 8.37. The maximum atomic E-state index is 13.8. The molecule has 2 N–H and O–H groups in total. The van der Waals surface area contributed by atoms with Gasteiger partial charge in [-0.05, 0) is 33.3 Å². The Balaban J connectivity index is 3.09. The lowest BCUT2D eigenvalue weighted by atomic mass is 9.87. The first-order chi connectivity index (χ1) is 7.94. The van der Waals surface area contributed by atoms with E-state index >= 15 is 0 Å². The monoisotopic (exact) mass is 239 g/mol. The molecule has 0 saturated heterocycles. The van der Waals surface area contributed by atoms with E-state index in [0.29, 0.717) is 12.2 Å². The fourth-order valence-corrected chi connectivity index (χ4v) is 1.97. The summed E-state index contributed by atoms with van der Waals surface area (Å²) < 4.78 is 19.5. The highest BCUT2D eigenvalue weighted by Crippen LogP contribution is 2.31. The average molecular weight is 239 g/mol. The zero-order valence-electron chi connectivity index (χ0n) is 11.1. The van der Waals surface area contributed by atoms with Gasteiger partial charge in [0.15, 0.2) is 0 Å². The number of hydrogen-bond donors (Lipinski definition) is 1. The van der Waals surface area contributed by atoms with Gasteiger partial charge in [0.2, 0.25) is 0 Å². The number of ether oxygens (including phenoxy) is 1. The maximum absolute atomic E-state index is 13.8. The van der Waals surface area contributed by atoms with Crippen LogP contribution in [0.1, 0.15) is 44.4 Å². The lowest BCUT2D eigenvalue weighted by molar-refractivity contribution is -0.0479. The lowest BCUT2D eigenvalue weighted by Crippen LogP contribution is -2.41. The average Bonchev–Trinajstić information content (AvgIpc) is 2.31. The van der Waals surface area contributed by atoms with E-state index in [-0.39, 0.29) is 5.82 Å². The molecule has 0 heterocycles. The molecule has 3 heteroatoms. The van der Waals surface area contributed by atoms with E-state index in [1.54, 1.807) is 12.1 Å². The van der Waals surface area contributed by atoms with E-state index in [0.717, 1.165) is 12.0 Å². The third kappa shape index (κ3) is 3.05. The SMILES string of the molecule is CCOC(C)(CC)C(N)c1cc(C)ccc1F. The van der Waals surface area contributed by atoms with Crippen LogP contribution in [0, 0.1) is 12.7 Å². The largest absolute Gasteiger partial charge is 0.374 e. The number of halogens is 1. The van der Waals surface area contributed by atoms with Crippen LogP contribution >= 0.6 is 0 Å². The van der Waals surface area contributed by atoms with Crippen LogP contribution in [0.3, 0.4) is 0 Å². The molecule has 2 unspecified atom stereocenters. The maximum Gasteiger partial charge on any atom is 0.128 e. The lowest BCUT2D eigenvalue weighted by Gasteiger charge is -2.35. The minimum atomic E-state index is -0.524. The van der Waals surface area contributed by atoms with Crippen molar-refractivity contribution in [1.29, 1.82) is 0 Å². The van der Waals surface area contributed by atoms with Gasteiger partial charge in [0.25, 0.3) is 0 Å². The molecule has 0 fully saturated rings. The Labute approximate surface area is 103 Å². The highest BCUT2D eigenvalue weighted by atomic mass is 19.1. The van der Waals surface area contributed by atoms with Crippen LogP contribution in [0.25, 0.3) is 0 Å². The van der Waals surface area contributed by atoms with E-state index in [4.69, 9.17) is 10.5 Å². The highest BCUT2D eigenvalue weighted by molar-refractivity contribution is 5.28. The predicted molar refractivity (Wildman–Crippen MR) is 68.4 cm³/mol. The molecular formula is C14H22FNO. The van der Waals surface area contributed by atoms with Crippen LogP contribution in [0.2, 0.25) is 0 Å². The molecule has 1 aromatic rings. The molecule has 0 bridgehead atoms. The molecule has 0 aliphatic rings. The summed E-state index contributed by atoms with van der Waals surface area (Å²) in [5.41, 5.74) is 7.19. The van der Waals surface area contributed by atoms with E-state index in [9.17, 15) is 4.39 Å². The predicted octanol–water partition coefficient (Wildman–Crippen LogP) is 3.34. The molecule has 0 aliphatic heterocycles. The van der Waals surface area contributed by atoms with Crippen molar-refractivity contribution in [3.05, 3.63) is 35.1 Å². The smallest absolute Gasteiger partial charge is 0.128 e. The Morgan fingerprint density at radius 1 is 1.41 bits per heavy atom. The fraction of sp³-hybridized carbons (Fsp3) is 0.571. The van der Waals surface area contributed by atoms with Crippen molar-refractivity contribution in [2.45, 2.75) is 45.8 Å². The van der Waals surface area contributed by atoms with Crippen LogP contribution < -0.4 is 5.73 Å². The molecule has 0 radical (unpaired) electrons. The zero-order valence-corrected chi connectivity index (χ0v) is 11.1. The van der Waals surface area contributed by atoms with E-state index in [1.165, 1.54) is 6.07 Å². The van der Waals surface area contributed by atoms with Gasteiger partial charge >= 0.3 is 0 Å². The summed E-state index contributed by atoms with van der Waals surface area (Å²) >= 11 is 0. The van der Waals surface area contributed by atoms with Crippen LogP contribution in [0.5, 0.6) is 0 Å². The van der Waals surface area contributed by atoms with Crippen molar-refractivity contribution < 1.29 is 9.13 Å². The summed E-state index contributed by atoms with van der Waals surface area (Å²) in [6.07, 6.45) is 0.745. The van der Waals surface area contributed by atoms with Crippen molar-refractivity contribution in [3.63, 3.8) is 0 Å². The number of benzene rings is 1. The van der Waals surface area contributed by atoms with Gasteiger partial charge in [-0.25, -0.2) is 4.39 Å². The summed E-state index contributed by atoms with van der Waals surface area (Å²) in [6, 6.07) is 4.56. The fourth-order valence-electron chi connectivity index (χ4n) is 1.97. The Bertz CT molecular complexity index is 380. The first-order valence-corrected chi connectivity index (χ1v) is 6.10. The van der Waals surface area contributed by atoms with Crippen LogP contribution in [0.15, 0.2) is 18.2 Å². The second-order valence-corrected chi connectivity index (χ2v) is 4.60. The van der Waals surface area contributed by atoms with Crippen molar-refractivity contribution in [2.24, 2.45) is 5.73 Å². The summed E-state index contributed by atoms with van der Waals surface area (Å²) in [7, 11) is 0. The summed E-state index contributed by atoms with van der Waals surface area (Å²) in [5.74, 6) is -0.262. The Kier molecular flexibility index (Phi) is 4.66. The molecule has 0 spiro atoms. The molecule has 1 rings (SSSR count). The van der Waals surface area contributed by atoms with Crippen LogP contribution in [-0.4, -0.2) is 12.2 Å². The molecule has 0 aliphatic carbocycles. The molecule has 2 nitrogen and oxygen atoms in total. The highest BCUT2D eigenvalue weighted by Gasteiger charge is 2.33. The van der Waals surface area contributed by atoms with Crippen molar-refractivity contribution in [2.75, 3.05) is 6.61 Å². The Morgan fingerprint density at radius 3 is 2.59 bits per heavy atom. The van der Waals surface area contributed by atoms with Crippen LogP contribution in [-0.2, 0) is 4.74 Å². The van der Waals surface area contributed by atoms with Gasteiger partial charge in [-0.2, -0.15) is 0 Å². The van der Waals surface area contributed by atoms with Gasteiger partial charge in [-0.15, -0.1) is 0 Å². The third-order valence-electron chi connectivity index (χ3n) is 3.32. The van der Waals surface area contributed by atoms with Gasteiger partial charge in [-0.1, -0.05) is 24.6 Å².